The van der Waals surface area contributed by atoms with E-state index in [2.05, 4.69) is 0 Å². The van der Waals surface area contributed by atoms with E-state index in [4.69, 9.17) is 14.2 Å². The van der Waals surface area contributed by atoms with Crippen LogP contribution < -0.4 is 9.47 Å². The average Bonchev–Trinajstić information content (AvgIpc) is 2.29. The molecule has 0 N–H and O–H groups in total. The van der Waals surface area contributed by atoms with Crippen LogP contribution in [0.15, 0.2) is 18.2 Å². The van der Waals surface area contributed by atoms with Gasteiger partial charge in [-0.1, -0.05) is 0 Å². The highest BCUT2D eigenvalue weighted by atomic mass is 16.5. The molecule has 1 aromatic rings. The molecular formula is C14H20O4. The maximum Gasteiger partial charge on any atom is 0.293 e. The second-order valence-electron chi connectivity index (χ2n) is 4.28. The largest absolute Gasteiger partial charge is 0.494 e. The molecule has 0 atom stereocenters. The van der Waals surface area contributed by atoms with Crippen LogP contribution in [0.1, 0.15) is 33.3 Å². The van der Waals surface area contributed by atoms with Gasteiger partial charge in [0.25, 0.3) is 6.47 Å². The van der Waals surface area contributed by atoms with Gasteiger partial charge in [0.2, 0.25) is 0 Å². The zero-order valence-electron chi connectivity index (χ0n) is 11.4. The van der Waals surface area contributed by atoms with Gasteiger partial charge >= 0.3 is 0 Å². The van der Waals surface area contributed by atoms with Crippen molar-refractivity contribution in [3.63, 3.8) is 0 Å². The van der Waals surface area contributed by atoms with Gasteiger partial charge in [-0.25, -0.2) is 0 Å². The summed E-state index contributed by atoms with van der Waals surface area (Å²) in [6.07, 6.45) is 0. The SMILES string of the molecule is CCOc1cc(OCC)cc(C(C)(C)OC=O)c1. The van der Waals surface area contributed by atoms with Crippen LogP contribution in [0.4, 0.5) is 0 Å². The molecule has 1 aromatic carbocycles. The number of hydrogen-bond acceptors (Lipinski definition) is 4. The Balaban J connectivity index is 3.12. The summed E-state index contributed by atoms with van der Waals surface area (Å²) in [6, 6.07) is 5.54. The van der Waals surface area contributed by atoms with Crippen molar-refractivity contribution in [2.75, 3.05) is 13.2 Å². The van der Waals surface area contributed by atoms with Gasteiger partial charge in [-0.05, 0) is 39.8 Å². The molecule has 0 saturated carbocycles. The van der Waals surface area contributed by atoms with Gasteiger partial charge < -0.3 is 14.2 Å². The molecule has 0 heterocycles. The van der Waals surface area contributed by atoms with Crippen molar-refractivity contribution in [2.24, 2.45) is 0 Å². The van der Waals surface area contributed by atoms with Crippen molar-refractivity contribution in [1.82, 2.24) is 0 Å². The van der Waals surface area contributed by atoms with E-state index in [9.17, 15) is 4.79 Å². The minimum atomic E-state index is -0.708. The first-order chi connectivity index (χ1) is 8.53. The van der Waals surface area contributed by atoms with Gasteiger partial charge in [-0.2, -0.15) is 0 Å². The van der Waals surface area contributed by atoms with E-state index in [0.29, 0.717) is 31.2 Å². The minimum absolute atomic E-state index is 0.452. The van der Waals surface area contributed by atoms with Crippen LogP contribution in [0.2, 0.25) is 0 Å². The summed E-state index contributed by atoms with van der Waals surface area (Å²) in [5, 5.41) is 0. The molecule has 0 amide bonds. The second-order valence-corrected chi connectivity index (χ2v) is 4.28. The number of carbonyl (C=O) groups excluding carboxylic acids is 1. The Labute approximate surface area is 108 Å². The van der Waals surface area contributed by atoms with Crippen molar-refractivity contribution < 1.29 is 19.0 Å². The fourth-order valence-electron chi connectivity index (χ4n) is 1.61. The standard InChI is InChI=1S/C14H20O4/c1-5-16-12-7-11(14(3,4)18-10-15)8-13(9-12)17-6-2/h7-10H,5-6H2,1-4H3. The third-order valence-electron chi connectivity index (χ3n) is 2.54. The van der Waals surface area contributed by atoms with E-state index in [-0.39, 0.29) is 0 Å². The summed E-state index contributed by atoms with van der Waals surface area (Å²) in [7, 11) is 0. The maximum absolute atomic E-state index is 10.5. The van der Waals surface area contributed by atoms with Crippen LogP contribution in [-0.4, -0.2) is 19.7 Å². The lowest BCUT2D eigenvalue weighted by molar-refractivity contribution is -0.141. The lowest BCUT2D eigenvalue weighted by Gasteiger charge is -2.24. The molecule has 4 nitrogen and oxygen atoms in total. The van der Waals surface area contributed by atoms with Crippen molar-refractivity contribution >= 4 is 6.47 Å². The molecule has 0 aromatic heterocycles. The fraction of sp³-hybridized carbons (Fsp3) is 0.500. The first-order valence-electron chi connectivity index (χ1n) is 6.06. The lowest BCUT2D eigenvalue weighted by atomic mass is 9.97. The van der Waals surface area contributed by atoms with E-state index >= 15 is 0 Å². The van der Waals surface area contributed by atoms with E-state index in [1.165, 1.54) is 0 Å². The normalized spacial score (nSPS) is 10.9. The summed E-state index contributed by atoms with van der Waals surface area (Å²) in [5.41, 5.74) is 0.129. The Bertz CT molecular complexity index is 375. The smallest absolute Gasteiger partial charge is 0.293 e. The third kappa shape index (κ3) is 3.65. The summed E-state index contributed by atoms with van der Waals surface area (Å²) in [4.78, 5) is 10.5. The molecule has 4 heteroatoms. The van der Waals surface area contributed by atoms with E-state index < -0.39 is 5.60 Å². The Morgan fingerprint density at radius 3 is 1.94 bits per heavy atom. The predicted octanol–water partition coefficient (Wildman–Crippen LogP) is 2.89. The van der Waals surface area contributed by atoms with Crippen LogP contribution in [-0.2, 0) is 15.1 Å². The molecule has 0 bridgehead atoms. The lowest BCUT2D eigenvalue weighted by Crippen LogP contribution is -2.21. The number of ether oxygens (including phenoxy) is 3. The Morgan fingerprint density at radius 2 is 1.56 bits per heavy atom. The van der Waals surface area contributed by atoms with Crippen LogP contribution in [0.5, 0.6) is 11.5 Å². The minimum Gasteiger partial charge on any atom is -0.494 e. The highest BCUT2D eigenvalue weighted by Gasteiger charge is 2.23. The third-order valence-corrected chi connectivity index (χ3v) is 2.54. The van der Waals surface area contributed by atoms with Gasteiger partial charge in [0.1, 0.15) is 17.1 Å². The summed E-state index contributed by atoms with van der Waals surface area (Å²) in [5.74, 6) is 1.42. The Morgan fingerprint density at radius 1 is 1.06 bits per heavy atom. The van der Waals surface area contributed by atoms with Crippen molar-refractivity contribution in [3.05, 3.63) is 23.8 Å². The Hall–Kier alpha value is -1.71. The number of carbonyl (C=O) groups is 1. The molecule has 0 aliphatic heterocycles. The topological polar surface area (TPSA) is 44.8 Å². The number of rotatable bonds is 7. The molecule has 0 radical (unpaired) electrons. The molecule has 0 aliphatic rings. The molecule has 0 unspecified atom stereocenters. The van der Waals surface area contributed by atoms with E-state index in [1.54, 1.807) is 0 Å². The van der Waals surface area contributed by atoms with Crippen LogP contribution >= 0.6 is 0 Å². The quantitative estimate of drug-likeness (QED) is 0.700. The van der Waals surface area contributed by atoms with Crippen molar-refractivity contribution in [3.8, 4) is 11.5 Å². The highest BCUT2D eigenvalue weighted by Crippen LogP contribution is 2.31. The maximum atomic E-state index is 10.5. The van der Waals surface area contributed by atoms with Crippen LogP contribution in [0.3, 0.4) is 0 Å². The summed E-state index contributed by atoms with van der Waals surface area (Å²) >= 11 is 0. The molecule has 0 aliphatic carbocycles. The van der Waals surface area contributed by atoms with Crippen molar-refractivity contribution in [1.29, 1.82) is 0 Å². The molecule has 1 rings (SSSR count). The number of hydrogen-bond donors (Lipinski definition) is 0. The number of benzene rings is 1. The first kappa shape index (κ1) is 14.4. The van der Waals surface area contributed by atoms with Gasteiger partial charge in [-0.3, -0.25) is 4.79 Å². The second kappa shape index (κ2) is 6.28. The van der Waals surface area contributed by atoms with Gasteiger partial charge in [0.15, 0.2) is 0 Å². The fourth-order valence-corrected chi connectivity index (χ4v) is 1.61. The zero-order chi connectivity index (χ0) is 13.6. The van der Waals surface area contributed by atoms with Crippen LogP contribution in [0.25, 0.3) is 0 Å². The highest BCUT2D eigenvalue weighted by molar-refractivity contribution is 5.44. The van der Waals surface area contributed by atoms with Gasteiger partial charge in [-0.15, -0.1) is 0 Å². The summed E-state index contributed by atoms with van der Waals surface area (Å²) in [6.45, 7) is 9.08. The van der Waals surface area contributed by atoms with E-state index in [1.807, 2.05) is 45.9 Å². The van der Waals surface area contributed by atoms with Crippen LogP contribution in [0, 0.1) is 0 Å². The molecule has 18 heavy (non-hydrogen) atoms. The van der Waals surface area contributed by atoms with Gasteiger partial charge in [0.05, 0.1) is 13.2 Å². The average molecular weight is 252 g/mol. The molecular weight excluding hydrogens is 232 g/mol. The van der Waals surface area contributed by atoms with E-state index in [0.717, 1.165) is 5.56 Å². The zero-order valence-corrected chi connectivity index (χ0v) is 11.4. The first-order valence-corrected chi connectivity index (χ1v) is 6.06. The monoisotopic (exact) mass is 252 g/mol. The Kier molecular flexibility index (Phi) is 5.01. The van der Waals surface area contributed by atoms with Crippen molar-refractivity contribution in [2.45, 2.75) is 33.3 Å². The molecule has 0 spiro atoms. The predicted molar refractivity (Wildman–Crippen MR) is 69.0 cm³/mol. The molecule has 0 saturated heterocycles. The summed E-state index contributed by atoms with van der Waals surface area (Å²) < 4.78 is 16.1. The molecule has 100 valence electrons. The van der Waals surface area contributed by atoms with Gasteiger partial charge in [0, 0.05) is 11.6 Å². The molecule has 0 fully saturated rings.